The molecule has 2 atom stereocenters. The van der Waals surface area contributed by atoms with Gasteiger partial charge in [-0.25, -0.2) is 4.79 Å². The normalized spacial score (nSPS) is 14.1. The molecular formula is C28H36N2O5. The van der Waals surface area contributed by atoms with Crippen molar-refractivity contribution in [2.45, 2.75) is 65.0 Å². The fraction of sp³-hybridized carbons (Fsp3) is 0.464. The maximum Gasteiger partial charge on any atom is 0.407 e. The Balaban J connectivity index is 1.72. The number of carboxylic acid groups (broad SMARTS) is 1. The zero-order valence-electron chi connectivity index (χ0n) is 21.0. The van der Waals surface area contributed by atoms with Crippen LogP contribution in [0.1, 0.15) is 64.0 Å². The Bertz CT molecular complexity index is 1010. The number of aliphatic carboxylic acids is 1. The quantitative estimate of drug-likeness (QED) is 0.470. The summed E-state index contributed by atoms with van der Waals surface area (Å²) in [6, 6.07) is 15.1. The van der Waals surface area contributed by atoms with Gasteiger partial charge >= 0.3 is 12.1 Å². The molecule has 0 saturated heterocycles. The molecule has 1 aliphatic carbocycles. The first kappa shape index (κ1) is 26.3. The predicted molar refractivity (Wildman–Crippen MR) is 135 cm³/mol. The number of ether oxygens (including phenoxy) is 1. The van der Waals surface area contributed by atoms with Gasteiger partial charge in [-0.15, -0.1) is 0 Å². The van der Waals surface area contributed by atoms with Crippen molar-refractivity contribution in [1.29, 1.82) is 0 Å². The van der Waals surface area contributed by atoms with Crippen LogP contribution in [0.15, 0.2) is 48.5 Å². The van der Waals surface area contributed by atoms with Crippen LogP contribution in [0, 0.1) is 5.92 Å². The molecule has 0 bridgehead atoms. The monoisotopic (exact) mass is 480 g/mol. The number of hydrogen-bond acceptors (Lipinski definition) is 4. The van der Waals surface area contributed by atoms with Gasteiger partial charge in [-0.1, -0.05) is 69.3 Å². The molecule has 0 saturated carbocycles. The highest BCUT2D eigenvalue weighted by Gasteiger charge is 2.32. The van der Waals surface area contributed by atoms with Crippen molar-refractivity contribution in [1.82, 2.24) is 10.2 Å². The molecule has 2 N–H and O–H groups in total. The molecule has 1 aliphatic rings. The van der Waals surface area contributed by atoms with Gasteiger partial charge in [0.2, 0.25) is 5.91 Å². The van der Waals surface area contributed by atoms with Gasteiger partial charge < -0.3 is 20.1 Å². The minimum absolute atomic E-state index is 0.0819. The van der Waals surface area contributed by atoms with Crippen molar-refractivity contribution in [2.24, 2.45) is 5.92 Å². The second-order valence-electron chi connectivity index (χ2n) is 9.61. The maximum absolute atomic E-state index is 13.3. The number of hydrogen-bond donors (Lipinski definition) is 2. The van der Waals surface area contributed by atoms with Crippen LogP contribution in [-0.4, -0.2) is 53.2 Å². The van der Waals surface area contributed by atoms with Crippen LogP contribution in [-0.2, 0) is 14.3 Å². The SMILES string of the molecule is CCC(C)N(CC(=O)O)C(=O)C(CCC(C)C)NC(=O)OCC1c2ccccc2-c2ccccc21. The van der Waals surface area contributed by atoms with Gasteiger partial charge in [0.1, 0.15) is 19.2 Å². The third kappa shape index (κ3) is 6.41. The smallest absolute Gasteiger partial charge is 0.407 e. The largest absolute Gasteiger partial charge is 0.480 e. The average molecular weight is 481 g/mol. The molecule has 2 amide bonds. The fourth-order valence-corrected chi connectivity index (χ4v) is 4.56. The molecule has 0 spiro atoms. The van der Waals surface area contributed by atoms with Crippen LogP contribution >= 0.6 is 0 Å². The van der Waals surface area contributed by atoms with E-state index in [4.69, 9.17) is 4.74 Å². The summed E-state index contributed by atoms with van der Waals surface area (Å²) in [5.74, 6) is -1.23. The molecule has 0 fully saturated rings. The molecule has 0 aliphatic heterocycles. The van der Waals surface area contributed by atoms with Gasteiger partial charge in [-0.2, -0.15) is 0 Å². The van der Waals surface area contributed by atoms with Crippen LogP contribution in [0.25, 0.3) is 11.1 Å². The number of benzene rings is 2. The summed E-state index contributed by atoms with van der Waals surface area (Å²) in [4.78, 5) is 38.9. The van der Waals surface area contributed by atoms with E-state index in [1.54, 1.807) is 0 Å². The topological polar surface area (TPSA) is 95.9 Å². The lowest BCUT2D eigenvalue weighted by Crippen LogP contribution is -2.52. The van der Waals surface area contributed by atoms with Crippen molar-refractivity contribution >= 4 is 18.0 Å². The molecule has 0 radical (unpaired) electrons. The molecule has 35 heavy (non-hydrogen) atoms. The highest BCUT2D eigenvalue weighted by molar-refractivity contribution is 5.88. The summed E-state index contributed by atoms with van der Waals surface area (Å²) in [5.41, 5.74) is 4.50. The lowest BCUT2D eigenvalue weighted by atomic mass is 9.98. The van der Waals surface area contributed by atoms with Gasteiger partial charge in [-0.3, -0.25) is 9.59 Å². The molecule has 2 aromatic carbocycles. The number of nitrogens with one attached hydrogen (secondary N) is 1. The maximum atomic E-state index is 13.3. The van der Waals surface area contributed by atoms with Crippen LogP contribution in [0.4, 0.5) is 4.79 Å². The Morgan fingerprint density at radius 1 is 0.971 bits per heavy atom. The van der Waals surface area contributed by atoms with Gasteiger partial charge in [0, 0.05) is 12.0 Å². The number of alkyl carbamates (subject to hydrolysis) is 1. The minimum atomic E-state index is -1.08. The number of fused-ring (bicyclic) bond motifs is 3. The molecule has 7 nitrogen and oxygen atoms in total. The molecule has 188 valence electrons. The molecule has 3 rings (SSSR count). The molecule has 7 heteroatoms. The highest BCUT2D eigenvalue weighted by Crippen LogP contribution is 2.44. The molecular weight excluding hydrogens is 444 g/mol. The number of carboxylic acids is 1. The summed E-state index contributed by atoms with van der Waals surface area (Å²) >= 11 is 0. The molecule has 0 heterocycles. The second-order valence-corrected chi connectivity index (χ2v) is 9.61. The van der Waals surface area contributed by atoms with Gasteiger partial charge in [-0.05, 0) is 54.4 Å². The van der Waals surface area contributed by atoms with Crippen molar-refractivity contribution in [3.8, 4) is 11.1 Å². The minimum Gasteiger partial charge on any atom is -0.480 e. The Hall–Kier alpha value is -3.35. The van der Waals surface area contributed by atoms with Crippen LogP contribution in [0.3, 0.4) is 0 Å². The zero-order chi connectivity index (χ0) is 25.5. The second kappa shape index (κ2) is 11.9. The Morgan fingerprint density at radius 3 is 2.06 bits per heavy atom. The highest BCUT2D eigenvalue weighted by atomic mass is 16.5. The van der Waals surface area contributed by atoms with Gasteiger partial charge in [0.25, 0.3) is 0 Å². The zero-order valence-corrected chi connectivity index (χ0v) is 21.0. The predicted octanol–water partition coefficient (Wildman–Crippen LogP) is 5.04. The van der Waals surface area contributed by atoms with Crippen LogP contribution in [0.5, 0.6) is 0 Å². The summed E-state index contributed by atoms with van der Waals surface area (Å²) in [5, 5.41) is 12.1. The van der Waals surface area contributed by atoms with Gasteiger partial charge in [0.15, 0.2) is 0 Å². The van der Waals surface area contributed by atoms with Crippen molar-refractivity contribution in [2.75, 3.05) is 13.2 Å². The Kier molecular flexibility index (Phi) is 8.90. The number of rotatable bonds is 11. The number of amides is 2. The van der Waals surface area contributed by atoms with Crippen LogP contribution in [0.2, 0.25) is 0 Å². The van der Waals surface area contributed by atoms with E-state index >= 15 is 0 Å². The van der Waals surface area contributed by atoms with E-state index in [1.807, 2.05) is 64.1 Å². The average Bonchev–Trinajstić information content (AvgIpc) is 3.16. The van der Waals surface area contributed by atoms with E-state index in [0.717, 1.165) is 22.3 Å². The standard InChI is InChI=1S/C28H36N2O5/c1-5-19(4)30(16-26(31)32)27(33)25(15-14-18(2)3)29-28(34)35-17-24-22-12-8-6-10-20(22)21-11-7-9-13-23(21)24/h6-13,18-19,24-25H,5,14-17H2,1-4H3,(H,29,34)(H,31,32). The molecule has 0 aromatic heterocycles. The Labute approximate surface area is 207 Å². The van der Waals surface area contributed by atoms with E-state index in [-0.39, 0.29) is 18.6 Å². The first-order valence-corrected chi connectivity index (χ1v) is 12.4. The molecule has 2 aromatic rings. The first-order valence-electron chi connectivity index (χ1n) is 12.4. The number of nitrogens with zero attached hydrogens (tertiary/aromatic N) is 1. The lowest BCUT2D eigenvalue weighted by molar-refractivity contribution is -0.147. The number of carbonyl (C=O) groups is 3. The summed E-state index contributed by atoms with van der Waals surface area (Å²) in [7, 11) is 0. The van der Waals surface area contributed by atoms with E-state index in [9.17, 15) is 19.5 Å². The Morgan fingerprint density at radius 2 is 1.54 bits per heavy atom. The summed E-state index contributed by atoms with van der Waals surface area (Å²) in [6.45, 7) is 7.53. The summed E-state index contributed by atoms with van der Waals surface area (Å²) < 4.78 is 5.64. The van der Waals surface area contributed by atoms with Crippen molar-refractivity contribution in [3.05, 3.63) is 59.7 Å². The third-order valence-corrected chi connectivity index (χ3v) is 6.68. The van der Waals surface area contributed by atoms with Crippen molar-refractivity contribution < 1.29 is 24.2 Å². The lowest BCUT2D eigenvalue weighted by Gasteiger charge is -2.31. The summed E-state index contributed by atoms with van der Waals surface area (Å²) in [6.07, 6.45) is 1.06. The van der Waals surface area contributed by atoms with E-state index in [0.29, 0.717) is 25.2 Å². The van der Waals surface area contributed by atoms with Crippen LogP contribution < -0.4 is 5.32 Å². The first-order chi connectivity index (χ1) is 16.7. The van der Waals surface area contributed by atoms with E-state index < -0.39 is 30.6 Å². The van der Waals surface area contributed by atoms with Crippen molar-refractivity contribution in [3.63, 3.8) is 0 Å². The van der Waals surface area contributed by atoms with Gasteiger partial charge in [0.05, 0.1) is 0 Å². The molecule has 2 unspecified atom stereocenters. The number of carbonyl (C=O) groups excluding carboxylic acids is 2. The third-order valence-electron chi connectivity index (χ3n) is 6.68. The van der Waals surface area contributed by atoms with E-state index in [2.05, 4.69) is 17.4 Å². The fourth-order valence-electron chi connectivity index (χ4n) is 4.56. The van der Waals surface area contributed by atoms with E-state index in [1.165, 1.54) is 4.90 Å².